The summed E-state index contributed by atoms with van der Waals surface area (Å²) in [5, 5.41) is 18.7. The minimum Gasteiger partial charge on any atom is -0.479 e. The van der Waals surface area contributed by atoms with Crippen LogP contribution in [0, 0.1) is 0 Å². The van der Waals surface area contributed by atoms with Crippen molar-refractivity contribution in [1.29, 1.82) is 0 Å². The fourth-order valence-corrected chi connectivity index (χ4v) is 1.60. The van der Waals surface area contributed by atoms with E-state index in [1.807, 2.05) is 0 Å². The SMILES string of the molecule is O=C(NC1(C(=O)O)CCOC1)c1ccnnc1. The quantitative estimate of drug-likeness (QED) is 0.731. The van der Waals surface area contributed by atoms with Gasteiger partial charge >= 0.3 is 5.97 Å². The molecule has 90 valence electrons. The van der Waals surface area contributed by atoms with Gasteiger partial charge in [-0.3, -0.25) is 4.79 Å². The standard InChI is InChI=1S/C10H11N3O4/c14-8(7-1-3-11-12-5-7)13-10(9(15)16)2-4-17-6-10/h1,3,5H,2,4,6H2,(H,13,14)(H,15,16). The Morgan fingerprint density at radius 1 is 1.47 bits per heavy atom. The maximum atomic E-state index is 11.8. The van der Waals surface area contributed by atoms with E-state index in [1.165, 1.54) is 18.5 Å². The molecule has 1 unspecified atom stereocenters. The van der Waals surface area contributed by atoms with Crippen molar-refractivity contribution < 1.29 is 19.4 Å². The zero-order valence-electron chi connectivity index (χ0n) is 8.92. The Kier molecular flexibility index (Phi) is 3.01. The molecular formula is C10H11N3O4. The number of aromatic nitrogens is 2. The number of carboxylic acids is 1. The summed E-state index contributed by atoms with van der Waals surface area (Å²) in [4.78, 5) is 23.0. The Hall–Kier alpha value is -2.02. The van der Waals surface area contributed by atoms with Crippen molar-refractivity contribution >= 4 is 11.9 Å². The summed E-state index contributed by atoms with van der Waals surface area (Å²) in [6.45, 7) is 0.299. The van der Waals surface area contributed by atoms with Crippen LogP contribution in [0.25, 0.3) is 0 Å². The Labute approximate surface area is 96.8 Å². The van der Waals surface area contributed by atoms with E-state index >= 15 is 0 Å². The van der Waals surface area contributed by atoms with Crippen LogP contribution in [-0.4, -0.2) is 45.9 Å². The van der Waals surface area contributed by atoms with Gasteiger partial charge in [0.05, 0.1) is 24.6 Å². The first-order valence-electron chi connectivity index (χ1n) is 5.04. The fourth-order valence-electron chi connectivity index (χ4n) is 1.60. The van der Waals surface area contributed by atoms with Gasteiger partial charge in [0.1, 0.15) is 0 Å². The molecule has 0 saturated carbocycles. The molecule has 1 saturated heterocycles. The normalized spacial score (nSPS) is 23.3. The zero-order chi connectivity index (χ0) is 12.3. The minimum absolute atomic E-state index is 0.0212. The number of nitrogens with one attached hydrogen (secondary N) is 1. The fraction of sp³-hybridized carbons (Fsp3) is 0.400. The van der Waals surface area contributed by atoms with Gasteiger partial charge in [-0.25, -0.2) is 4.79 Å². The number of amides is 1. The molecule has 17 heavy (non-hydrogen) atoms. The molecule has 1 atom stereocenters. The molecule has 7 nitrogen and oxygen atoms in total. The highest BCUT2D eigenvalue weighted by molar-refractivity contribution is 5.97. The van der Waals surface area contributed by atoms with Gasteiger partial charge in [0.15, 0.2) is 5.54 Å². The van der Waals surface area contributed by atoms with Gasteiger partial charge in [0, 0.05) is 13.0 Å². The lowest BCUT2D eigenvalue weighted by Gasteiger charge is -2.23. The van der Waals surface area contributed by atoms with E-state index in [9.17, 15) is 9.59 Å². The maximum Gasteiger partial charge on any atom is 0.331 e. The minimum atomic E-state index is -1.33. The Bertz CT molecular complexity index is 428. The Morgan fingerprint density at radius 2 is 2.29 bits per heavy atom. The Morgan fingerprint density at radius 3 is 2.82 bits per heavy atom. The molecule has 2 rings (SSSR count). The molecule has 0 aromatic carbocycles. The van der Waals surface area contributed by atoms with Crippen LogP contribution in [0.15, 0.2) is 18.5 Å². The van der Waals surface area contributed by atoms with Gasteiger partial charge in [0.2, 0.25) is 0 Å². The summed E-state index contributed by atoms with van der Waals surface area (Å²) < 4.78 is 5.03. The second kappa shape index (κ2) is 4.46. The number of rotatable bonds is 3. The monoisotopic (exact) mass is 237 g/mol. The van der Waals surface area contributed by atoms with E-state index in [0.29, 0.717) is 6.61 Å². The first kappa shape index (κ1) is 11.5. The largest absolute Gasteiger partial charge is 0.479 e. The lowest BCUT2D eigenvalue weighted by atomic mass is 9.98. The molecule has 1 aliphatic heterocycles. The second-order valence-corrected chi connectivity index (χ2v) is 3.78. The van der Waals surface area contributed by atoms with Crippen molar-refractivity contribution in [3.63, 3.8) is 0 Å². The van der Waals surface area contributed by atoms with E-state index in [1.54, 1.807) is 0 Å². The number of ether oxygens (including phenoxy) is 1. The van der Waals surface area contributed by atoms with E-state index in [-0.39, 0.29) is 18.6 Å². The first-order valence-corrected chi connectivity index (χ1v) is 5.04. The van der Waals surface area contributed by atoms with E-state index in [0.717, 1.165) is 0 Å². The highest BCUT2D eigenvalue weighted by atomic mass is 16.5. The molecule has 0 spiro atoms. The molecular weight excluding hydrogens is 226 g/mol. The molecule has 0 radical (unpaired) electrons. The molecule has 1 aromatic heterocycles. The molecule has 1 fully saturated rings. The second-order valence-electron chi connectivity index (χ2n) is 3.78. The van der Waals surface area contributed by atoms with E-state index in [4.69, 9.17) is 9.84 Å². The summed E-state index contributed by atoms with van der Waals surface area (Å²) in [5.74, 6) is -1.59. The van der Waals surface area contributed by atoms with Crippen LogP contribution in [0.1, 0.15) is 16.8 Å². The summed E-state index contributed by atoms with van der Waals surface area (Å²) in [5.41, 5.74) is -1.06. The van der Waals surface area contributed by atoms with Crippen molar-refractivity contribution in [1.82, 2.24) is 15.5 Å². The van der Waals surface area contributed by atoms with Crippen LogP contribution in [0.4, 0.5) is 0 Å². The molecule has 1 aliphatic rings. The highest BCUT2D eigenvalue weighted by Gasteiger charge is 2.44. The number of aliphatic carboxylic acids is 1. The number of nitrogens with zero attached hydrogens (tertiary/aromatic N) is 2. The smallest absolute Gasteiger partial charge is 0.331 e. The predicted octanol–water partition coefficient (Wildman–Crippen LogP) is -0.550. The van der Waals surface area contributed by atoms with Gasteiger partial charge in [-0.1, -0.05) is 0 Å². The van der Waals surface area contributed by atoms with Gasteiger partial charge in [-0.15, -0.1) is 0 Å². The lowest BCUT2D eigenvalue weighted by molar-refractivity contribution is -0.144. The van der Waals surface area contributed by atoms with Crippen LogP contribution in [-0.2, 0) is 9.53 Å². The van der Waals surface area contributed by atoms with Crippen molar-refractivity contribution in [2.75, 3.05) is 13.2 Å². The molecule has 2 N–H and O–H groups in total. The van der Waals surface area contributed by atoms with Crippen molar-refractivity contribution in [2.45, 2.75) is 12.0 Å². The lowest BCUT2D eigenvalue weighted by Crippen LogP contribution is -2.55. The summed E-state index contributed by atoms with van der Waals surface area (Å²) in [6, 6.07) is 1.47. The molecule has 1 amide bonds. The van der Waals surface area contributed by atoms with Crippen molar-refractivity contribution in [2.24, 2.45) is 0 Å². The third kappa shape index (κ3) is 2.23. The van der Waals surface area contributed by atoms with Crippen LogP contribution < -0.4 is 5.32 Å². The van der Waals surface area contributed by atoms with Gasteiger partial charge in [-0.05, 0) is 6.07 Å². The molecule has 0 bridgehead atoms. The third-order valence-electron chi connectivity index (χ3n) is 2.63. The Balaban J connectivity index is 2.15. The van der Waals surface area contributed by atoms with Crippen LogP contribution >= 0.6 is 0 Å². The molecule has 1 aromatic rings. The zero-order valence-corrected chi connectivity index (χ0v) is 8.92. The molecule has 7 heteroatoms. The maximum absolute atomic E-state index is 11.8. The number of carbonyl (C=O) groups excluding carboxylic acids is 1. The molecule has 0 aliphatic carbocycles. The third-order valence-corrected chi connectivity index (χ3v) is 2.63. The van der Waals surface area contributed by atoms with Crippen LogP contribution in [0.3, 0.4) is 0 Å². The molecule has 2 heterocycles. The van der Waals surface area contributed by atoms with Crippen LogP contribution in [0.5, 0.6) is 0 Å². The van der Waals surface area contributed by atoms with Crippen molar-refractivity contribution in [3.05, 3.63) is 24.0 Å². The average molecular weight is 237 g/mol. The van der Waals surface area contributed by atoms with E-state index in [2.05, 4.69) is 15.5 Å². The summed E-state index contributed by atoms with van der Waals surface area (Å²) in [6.07, 6.45) is 2.90. The van der Waals surface area contributed by atoms with Crippen LogP contribution in [0.2, 0.25) is 0 Å². The predicted molar refractivity (Wildman–Crippen MR) is 55.3 cm³/mol. The topological polar surface area (TPSA) is 101 Å². The van der Waals surface area contributed by atoms with Gasteiger partial charge in [0.25, 0.3) is 5.91 Å². The summed E-state index contributed by atoms with van der Waals surface area (Å²) in [7, 11) is 0. The number of hydrogen-bond donors (Lipinski definition) is 2. The first-order chi connectivity index (χ1) is 8.14. The summed E-state index contributed by atoms with van der Waals surface area (Å²) >= 11 is 0. The van der Waals surface area contributed by atoms with Gasteiger partial charge in [-0.2, -0.15) is 10.2 Å². The number of carbonyl (C=O) groups is 2. The average Bonchev–Trinajstić information content (AvgIpc) is 2.80. The highest BCUT2D eigenvalue weighted by Crippen LogP contribution is 2.19. The number of hydrogen-bond acceptors (Lipinski definition) is 5. The van der Waals surface area contributed by atoms with Gasteiger partial charge < -0.3 is 15.2 Å². The number of carboxylic acid groups (broad SMARTS) is 1. The van der Waals surface area contributed by atoms with E-state index < -0.39 is 17.4 Å². The van der Waals surface area contributed by atoms with Crippen molar-refractivity contribution in [3.8, 4) is 0 Å².